The van der Waals surface area contributed by atoms with Gasteiger partial charge in [-0.1, -0.05) is 0 Å². The summed E-state index contributed by atoms with van der Waals surface area (Å²) in [7, 11) is 0. The van der Waals surface area contributed by atoms with Crippen LogP contribution in [0.5, 0.6) is 0 Å². The van der Waals surface area contributed by atoms with E-state index in [1.54, 1.807) is 0 Å². The predicted octanol–water partition coefficient (Wildman–Crippen LogP) is 6.45. The third-order valence-corrected chi connectivity index (χ3v) is 16.2. The molecule has 2 aliphatic rings. The van der Waals surface area contributed by atoms with Gasteiger partial charge in [-0.3, -0.25) is 0 Å². The van der Waals surface area contributed by atoms with Gasteiger partial charge in [-0.15, -0.1) is 0 Å². The molecular formula is C13H25Br2P. The average molecular weight is 372 g/mol. The molecule has 0 amide bonds. The van der Waals surface area contributed by atoms with Gasteiger partial charge >= 0.3 is 117 Å². The quantitative estimate of drug-likeness (QED) is 0.489. The second-order valence-corrected chi connectivity index (χ2v) is 24.6. The van der Waals surface area contributed by atoms with Gasteiger partial charge in [-0.05, 0) is 0 Å². The molecule has 0 nitrogen and oxygen atoms in total. The van der Waals surface area contributed by atoms with Gasteiger partial charge in [-0.25, -0.2) is 0 Å². The van der Waals surface area contributed by atoms with Gasteiger partial charge in [0.25, 0.3) is 0 Å². The summed E-state index contributed by atoms with van der Waals surface area (Å²) in [5.41, 5.74) is 1.89. The second kappa shape index (κ2) is 5.17. The van der Waals surface area contributed by atoms with Crippen molar-refractivity contribution in [3.8, 4) is 0 Å². The van der Waals surface area contributed by atoms with E-state index in [1.165, 1.54) is 64.2 Å². The van der Waals surface area contributed by atoms with Crippen molar-refractivity contribution in [2.24, 2.45) is 0 Å². The van der Waals surface area contributed by atoms with Crippen LogP contribution < -0.4 is 0 Å². The van der Waals surface area contributed by atoms with E-state index in [4.69, 9.17) is 0 Å². The van der Waals surface area contributed by atoms with Crippen LogP contribution in [-0.4, -0.2) is 18.0 Å². The van der Waals surface area contributed by atoms with Crippen molar-refractivity contribution < 1.29 is 0 Å². The minimum absolute atomic E-state index is 0.947. The van der Waals surface area contributed by atoms with Gasteiger partial charge in [-0.2, -0.15) is 0 Å². The average Bonchev–Trinajstić information content (AvgIpc) is 2.31. The fraction of sp³-hybridized carbons (Fsp3) is 1.00. The summed E-state index contributed by atoms with van der Waals surface area (Å²) in [6.45, 7) is 2.55. The molecule has 0 saturated heterocycles. The zero-order chi connectivity index (χ0) is 11.7. The Morgan fingerprint density at radius 1 is 0.688 bits per heavy atom. The van der Waals surface area contributed by atoms with E-state index in [0.717, 1.165) is 11.3 Å². The Kier molecular flexibility index (Phi) is 4.47. The molecule has 0 aliphatic heterocycles. The van der Waals surface area contributed by atoms with Gasteiger partial charge in [0.1, 0.15) is 0 Å². The molecule has 16 heavy (non-hydrogen) atoms. The number of hydrogen-bond acceptors (Lipinski definition) is 0. The van der Waals surface area contributed by atoms with Crippen LogP contribution in [0.25, 0.3) is 0 Å². The van der Waals surface area contributed by atoms with Crippen LogP contribution in [0.2, 0.25) is 0 Å². The molecule has 0 aromatic heterocycles. The molecule has 0 unspecified atom stereocenters. The van der Waals surface area contributed by atoms with Crippen LogP contribution in [-0.2, 0) is 0 Å². The van der Waals surface area contributed by atoms with Crippen molar-refractivity contribution in [3.05, 3.63) is 0 Å². The summed E-state index contributed by atoms with van der Waals surface area (Å²) >= 11 is 8.51. The summed E-state index contributed by atoms with van der Waals surface area (Å²) in [5, 5.41) is 0. The van der Waals surface area contributed by atoms with Crippen molar-refractivity contribution in [1.29, 1.82) is 0 Å². The minimum atomic E-state index is -1.75. The first-order valence-corrected chi connectivity index (χ1v) is 13.8. The molecule has 2 rings (SSSR count). The molecule has 96 valence electrons. The van der Waals surface area contributed by atoms with Gasteiger partial charge in [0, 0.05) is 0 Å². The molecule has 0 spiro atoms. The molecular weight excluding hydrogens is 347 g/mol. The summed E-state index contributed by atoms with van der Waals surface area (Å²) < 4.78 is -1.75. The molecule has 0 atom stereocenters. The van der Waals surface area contributed by atoms with E-state index in [9.17, 15) is 0 Å². The fourth-order valence-electron chi connectivity index (χ4n) is 3.67. The van der Waals surface area contributed by atoms with E-state index in [0.29, 0.717) is 0 Å². The van der Waals surface area contributed by atoms with Gasteiger partial charge in [0.2, 0.25) is 0 Å². The first-order valence-electron chi connectivity index (χ1n) is 6.93. The Morgan fingerprint density at radius 3 is 1.31 bits per heavy atom. The van der Waals surface area contributed by atoms with Gasteiger partial charge in [0.15, 0.2) is 0 Å². The summed E-state index contributed by atoms with van der Waals surface area (Å²) in [6, 6.07) is 0. The molecule has 2 aliphatic carbocycles. The molecule has 0 heterocycles. The predicted molar refractivity (Wildman–Crippen MR) is 84.4 cm³/mol. The maximum absolute atomic E-state index is 4.26. The van der Waals surface area contributed by atoms with Crippen LogP contribution in [0.3, 0.4) is 0 Å². The van der Waals surface area contributed by atoms with Crippen LogP contribution in [0.1, 0.15) is 64.2 Å². The first kappa shape index (κ1) is 13.8. The molecule has 0 bridgehead atoms. The summed E-state index contributed by atoms with van der Waals surface area (Å²) in [6.07, 6.45) is 14.6. The van der Waals surface area contributed by atoms with Gasteiger partial charge in [0.05, 0.1) is 0 Å². The molecule has 0 radical (unpaired) electrons. The number of rotatable bonds is 2. The zero-order valence-electron chi connectivity index (χ0n) is 10.4. The standard InChI is InChI=1S/C13H25Br2P/c1-16(14,15,12-8-4-2-5-9-12)13-10-6-3-7-11-13/h12-13H,2-11H2,1H3. The summed E-state index contributed by atoms with van der Waals surface area (Å²) in [4.78, 5) is 0. The number of hydrogen-bond donors (Lipinski definition) is 0. The van der Waals surface area contributed by atoms with Crippen LogP contribution >= 0.6 is 35.0 Å². The molecule has 2 saturated carbocycles. The van der Waals surface area contributed by atoms with Crippen LogP contribution in [0.15, 0.2) is 0 Å². The number of halogens is 2. The van der Waals surface area contributed by atoms with Gasteiger partial charge < -0.3 is 0 Å². The topological polar surface area (TPSA) is 0 Å². The van der Waals surface area contributed by atoms with E-state index < -0.39 is 4.01 Å². The van der Waals surface area contributed by atoms with Crippen molar-refractivity contribution in [3.63, 3.8) is 0 Å². The van der Waals surface area contributed by atoms with E-state index in [-0.39, 0.29) is 0 Å². The molecule has 2 fully saturated rings. The Labute approximate surface area is 117 Å². The van der Waals surface area contributed by atoms with Crippen LogP contribution in [0, 0.1) is 0 Å². The molecule has 0 aromatic rings. The molecule has 0 N–H and O–H groups in total. The van der Waals surface area contributed by atoms with Crippen molar-refractivity contribution in [2.45, 2.75) is 75.5 Å². The monoisotopic (exact) mass is 370 g/mol. The Balaban J connectivity index is 2.10. The van der Waals surface area contributed by atoms with Crippen molar-refractivity contribution >= 4 is 35.0 Å². The molecule has 3 heteroatoms. The van der Waals surface area contributed by atoms with Crippen molar-refractivity contribution in [2.75, 3.05) is 6.66 Å². The van der Waals surface area contributed by atoms with Crippen LogP contribution in [0.4, 0.5) is 0 Å². The zero-order valence-corrected chi connectivity index (χ0v) is 14.5. The second-order valence-electron chi connectivity index (χ2n) is 6.04. The summed E-state index contributed by atoms with van der Waals surface area (Å²) in [5.74, 6) is 0. The fourth-order valence-corrected chi connectivity index (χ4v) is 12.3. The maximum atomic E-state index is 4.26. The third kappa shape index (κ3) is 2.86. The van der Waals surface area contributed by atoms with E-state index in [2.05, 4.69) is 37.6 Å². The van der Waals surface area contributed by atoms with E-state index in [1.807, 2.05) is 0 Å². The van der Waals surface area contributed by atoms with E-state index >= 15 is 0 Å². The SMILES string of the molecule is CP(Br)(Br)(C1CCCCC1)C1CCCCC1. The Bertz CT molecular complexity index is 210. The van der Waals surface area contributed by atoms with Crippen molar-refractivity contribution in [1.82, 2.24) is 0 Å². The first-order chi connectivity index (χ1) is 7.49. The Morgan fingerprint density at radius 2 is 1.00 bits per heavy atom. The molecule has 0 aromatic carbocycles. The Hall–Kier alpha value is 1.39. The normalized spacial score (nSPS) is 28.6. The third-order valence-electron chi connectivity index (χ3n) is 4.85.